The zero-order valence-electron chi connectivity index (χ0n) is 8.42. The van der Waals surface area contributed by atoms with E-state index in [9.17, 15) is 13.6 Å². The van der Waals surface area contributed by atoms with E-state index in [0.29, 0.717) is 5.56 Å². The van der Waals surface area contributed by atoms with Crippen LogP contribution in [0, 0.1) is 0 Å². The SMILES string of the molecule is O=C1c2ccc(Br)cc2CN1C(CF)CF. The van der Waals surface area contributed by atoms with Crippen LogP contribution in [0.4, 0.5) is 8.78 Å². The highest BCUT2D eigenvalue weighted by molar-refractivity contribution is 9.10. The lowest BCUT2D eigenvalue weighted by molar-refractivity contribution is 0.0637. The Hall–Kier alpha value is -0.970. The van der Waals surface area contributed by atoms with Crippen molar-refractivity contribution in [2.75, 3.05) is 13.3 Å². The van der Waals surface area contributed by atoms with Gasteiger partial charge >= 0.3 is 0 Å². The molecule has 0 spiro atoms. The lowest BCUT2D eigenvalue weighted by atomic mass is 10.1. The molecule has 16 heavy (non-hydrogen) atoms. The maximum Gasteiger partial charge on any atom is 0.254 e. The van der Waals surface area contributed by atoms with Gasteiger partial charge in [-0.1, -0.05) is 15.9 Å². The van der Waals surface area contributed by atoms with Crippen LogP contribution in [0.2, 0.25) is 0 Å². The molecule has 1 heterocycles. The number of carbonyl (C=O) groups excluding carboxylic acids is 1. The van der Waals surface area contributed by atoms with Crippen LogP contribution in [0.25, 0.3) is 0 Å². The van der Waals surface area contributed by atoms with Gasteiger partial charge in [-0.25, -0.2) is 8.78 Å². The number of fused-ring (bicyclic) bond motifs is 1. The molecule has 0 unspecified atom stereocenters. The van der Waals surface area contributed by atoms with E-state index >= 15 is 0 Å². The zero-order chi connectivity index (χ0) is 11.7. The fourth-order valence-electron chi connectivity index (χ4n) is 1.81. The summed E-state index contributed by atoms with van der Waals surface area (Å²) in [4.78, 5) is 13.1. The summed E-state index contributed by atoms with van der Waals surface area (Å²) in [7, 11) is 0. The summed E-state index contributed by atoms with van der Waals surface area (Å²) in [5.41, 5.74) is 1.35. The predicted molar refractivity (Wildman–Crippen MR) is 59.8 cm³/mol. The van der Waals surface area contributed by atoms with Gasteiger partial charge in [0, 0.05) is 16.6 Å². The Kier molecular flexibility index (Phi) is 3.23. The fourth-order valence-corrected chi connectivity index (χ4v) is 2.22. The monoisotopic (exact) mass is 289 g/mol. The summed E-state index contributed by atoms with van der Waals surface area (Å²) in [6.45, 7) is -1.42. The van der Waals surface area contributed by atoms with Gasteiger partial charge in [0.1, 0.15) is 13.3 Å². The normalized spacial score (nSPS) is 14.8. The number of hydrogen-bond acceptors (Lipinski definition) is 1. The molecule has 0 aromatic heterocycles. The van der Waals surface area contributed by atoms with Crippen LogP contribution >= 0.6 is 15.9 Å². The van der Waals surface area contributed by atoms with E-state index in [-0.39, 0.29) is 12.5 Å². The Morgan fingerprint density at radius 3 is 2.69 bits per heavy atom. The van der Waals surface area contributed by atoms with Gasteiger partial charge in [0.05, 0.1) is 6.04 Å². The Morgan fingerprint density at radius 1 is 1.38 bits per heavy atom. The molecule has 1 aromatic rings. The fraction of sp³-hybridized carbons (Fsp3) is 0.364. The molecule has 0 N–H and O–H groups in total. The molecule has 0 saturated carbocycles. The number of halogens is 3. The molecule has 5 heteroatoms. The molecule has 86 valence electrons. The minimum Gasteiger partial charge on any atom is -0.326 e. The molecule has 1 amide bonds. The van der Waals surface area contributed by atoms with Gasteiger partial charge in [-0.3, -0.25) is 4.79 Å². The molecule has 0 saturated heterocycles. The van der Waals surface area contributed by atoms with E-state index in [2.05, 4.69) is 15.9 Å². The quantitative estimate of drug-likeness (QED) is 0.838. The number of hydrogen-bond donors (Lipinski definition) is 0. The van der Waals surface area contributed by atoms with Crippen LogP contribution in [-0.4, -0.2) is 30.2 Å². The van der Waals surface area contributed by atoms with Crippen molar-refractivity contribution in [2.24, 2.45) is 0 Å². The minimum absolute atomic E-state index is 0.284. The number of alkyl halides is 2. The van der Waals surface area contributed by atoms with Crippen molar-refractivity contribution in [3.63, 3.8) is 0 Å². The molecular weight excluding hydrogens is 280 g/mol. The number of carbonyl (C=O) groups is 1. The summed E-state index contributed by atoms with van der Waals surface area (Å²) in [5, 5.41) is 0. The molecule has 2 rings (SSSR count). The van der Waals surface area contributed by atoms with E-state index in [4.69, 9.17) is 0 Å². The van der Waals surface area contributed by atoms with Crippen LogP contribution in [-0.2, 0) is 6.54 Å². The molecule has 1 aromatic carbocycles. The molecule has 0 aliphatic carbocycles. The lowest BCUT2D eigenvalue weighted by Gasteiger charge is -2.22. The average Bonchev–Trinajstić information content (AvgIpc) is 2.58. The molecule has 1 aliphatic rings. The van der Waals surface area contributed by atoms with E-state index in [1.165, 1.54) is 4.90 Å². The van der Waals surface area contributed by atoms with Gasteiger partial charge in [-0.2, -0.15) is 0 Å². The first kappa shape index (κ1) is 11.5. The van der Waals surface area contributed by atoms with E-state index < -0.39 is 19.4 Å². The zero-order valence-corrected chi connectivity index (χ0v) is 10.0. The molecule has 0 radical (unpaired) electrons. The highest BCUT2D eigenvalue weighted by Gasteiger charge is 2.32. The van der Waals surface area contributed by atoms with Gasteiger partial charge in [-0.05, 0) is 23.8 Å². The Morgan fingerprint density at radius 2 is 2.06 bits per heavy atom. The van der Waals surface area contributed by atoms with Gasteiger partial charge < -0.3 is 4.90 Å². The third-order valence-electron chi connectivity index (χ3n) is 2.70. The van der Waals surface area contributed by atoms with Gasteiger partial charge in [-0.15, -0.1) is 0 Å². The number of amides is 1. The second kappa shape index (κ2) is 4.49. The molecule has 1 aliphatic heterocycles. The van der Waals surface area contributed by atoms with Crippen molar-refractivity contribution >= 4 is 21.8 Å². The van der Waals surface area contributed by atoms with Gasteiger partial charge in [0.25, 0.3) is 5.91 Å². The Balaban J connectivity index is 2.30. The van der Waals surface area contributed by atoms with Crippen LogP contribution in [0.1, 0.15) is 15.9 Å². The van der Waals surface area contributed by atoms with Crippen molar-refractivity contribution in [1.82, 2.24) is 4.90 Å². The standard InChI is InChI=1S/C11H10BrF2NO/c12-8-1-2-10-7(3-8)6-15(11(10)16)9(4-13)5-14/h1-3,9H,4-6H2. The third kappa shape index (κ3) is 1.84. The second-order valence-corrected chi connectivity index (χ2v) is 4.61. The summed E-state index contributed by atoms with van der Waals surface area (Å²) >= 11 is 3.30. The smallest absolute Gasteiger partial charge is 0.254 e. The highest BCUT2D eigenvalue weighted by atomic mass is 79.9. The first-order valence-electron chi connectivity index (χ1n) is 4.88. The molecule has 0 atom stereocenters. The topological polar surface area (TPSA) is 20.3 Å². The highest BCUT2D eigenvalue weighted by Crippen LogP contribution is 2.27. The third-order valence-corrected chi connectivity index (χ3v) is 3.19. The maximum atomic E-state index is 12.5. The van der Waals surface area contributed by atoms with Gasteiger partial charge in [0.2, 0.25) is 0 Å². The van der Waals surface area contributed by atoms with Crippen molar-refractivity contribution in [1.29, 1.82) is 0 Å². The molecular formula is C11H10BrF2NO. The van der Waals surface area contributed by atoms with Crippen molar-refractivity contribution < 1.29 is 13.6 Å². The van der Waals surface area contributed by atoms with E-state index in [1.54, 1.807) is 18.2 Å². The lowest BCUT2D eigenvalue weighted by Crippen LogP contribution is -2.38. The summed E-state index contributed by atoms with van der Waals surface area (Å²) < 4.78 is 25.9. The minimum atomic E-state index is -0.960. The van der Waals surface area contributed by atoms with Crippen LogP contribution in [0.15, 0.2) is 22.7 Å². The van der Waals surface area contributed by atoms with E-state index in [0.717, 1.165) is 10.0 Å². The second-order valence-electron chi connectivity index (χ2n) is 3.70. The first-order valence-corrected chi connectivity index (χ1v) is 5.68. The van der Waals surface area contributed by atoms with Gasteiger partial charge in [0.15, 0.2) is 0 Å². The van der Waals surface area contributed by atoms with Crippen LogP contribution in [0.3, 0.4) is 0 Å². The van der Waals surface area contributed by atoms with Crippen molar-refractivity contribution in [3.8, 4) is 0 Å². The average molecular weight is 290 g/mol. The Bertz CT molecular complexity index is 420. The maximum absolute atomic E-state index is 12.5. The predicted octanol–water partition coefficient (Wildman–Crippen LogP) is 2.71. The molecule has 2 nitrogen and oxygen atoms in total. The number of rotatable bonds is 3. The Labute approximate surface area is 100 Å². The van der Waals surface area contributed by atoms with E-state index in [1.807, 2.05) is 0 Å². The number of nitrogens with zero attached hydrogens (tertiary/aromatic N) is 1. The summed E-state index contributed by atoms with van der Waals surface area (Å²) in [6, 6.07) is 4.27. The number of benzene rings is 1. The van der Waals surface area contributed by atoms with Crippen molar-refractivity contribution in [2.45, 2.75) is 12.6 Å². The summed E-state index contributed by atoms with van der Waals surface area (Å²) in [5.74, 6) is -0.289. The largest absolute Gasteiger partial charge is 0.326 e. The van der Waals surface area contributed by atoms with Crippen LogP contribution < -0.4 is 0 Å². The molecule has 0 bridgehead atoms. The molecule has 0 fully saturated rings. The summed E-state index contributed by atoms with van der Waals surface area (Å²) in [6.07, 6.45) is 0. The van der Waals surface area contributed by atoms with Crippen LogP contribution in [0.5, 0.6) is 0 Å². The first-order chi connectivity index (χ1) is 7.67. The van der Waals surface area contributed by atoms with Crippen molar-refractivity contribution in [3.05, 3.63) is 33.8 Å².